The second kappa shape index (κ2) is 15.3. The molecule has 8 rings (SSSR count). The first-order chi connectivity index (χ1) is 27.1. The van der Waals surface area contributed by atoms with Crippen LogP contribution in [0.3, 0.4) is 0 Å². The molecule has 2 aromatic heterocycles. The van der Waals surface area contributed by atoms with Gasteiger partial charge in [0.1, 0.15) is 18.1 Å². The molecule has 0 saturated carbocycles. The van der Waals surface area contributed by atoms with E-state index in [1.165, 1.54) is 26.9 Å². The van der Waals surface area contributed by atoms with Crippen LogP contribution in [0, 0.1) is 6.92 Å². The molecule has 3 fully saturated rings. The summed E-state index contributed by atoms with van der Waals surface area (Å²) in [6.07, 6.45) is 3.31. The number of carboxylic acids is 1. The van der Waals surface area contributed by atoms with E-state index in [1.54, 1.807) is 35.2 Å². The van der Waals surface area contributed by atoms with Gasteiger partial charge in [0.2, 0.25) is 11.8 Å². The van der Waals surface area contributed by atoms with E-state index in [0.717, 1.165) is 36.2 Å². The molecule has 17 nitrogen and oxygen atoms in total. The van der Waals surface area contributed by atoms with Gasteiger partial charge in [0, 0.05) is 74.1 Å². The number of aryl methyl sites for hydroxylation is 1. The zero-order chi connectivity index (χ0) is 38.9. The van der Waals surface area contributed by atoms with Crippen LogP contribution in [0.25, 0.3) is 16.6 Å². The molecule has 4 amide bonds. The molecule has 3 aliphatic heterocycles. The predicted molar refractivity (Wildman–Crippen MR) is 204 cm³/mol. The molecule has 3 aliphatic rings. The molecule has 0 aliphatic carbocycles. The zero-order valence-electron chi connectivity index (χ0n) is 30.6. The van der Waals surface area contributed by atoms with Gasteiger partial charge in [-0.1, -0.05) is 18.2 Å². The number of nitrogens with zero attached hydrogens (tertiary/aromatic N) is 8. The van der Waals surface area contributed by atoms with Gasteiger partial charge in [-0.15, -0.1) is 5.10 Å². The maximum Gasteiger partial charge on any atom is 0.352 e. The number of aromatic amines is 1. The van der Waals surface area contributed by atoms with Gasteiger partial charge >= 0.3 is 17.8 Å². The number of hydrogen-bond donors (Lipinski definition) is 3. The average Bonchev–Trinajstić information content (AvgIpc) is 3.90. The summed E-state index contributed by atoms with van der Waals surface area (Å²) < 4.78 is 6.91. The van der Waals surface area contributed by atoms with Crippen LogP contribution < -0.4 is 15.1 Å². The number of aromatic nitrogens is 5. The van der Waals surface area contributed by atoms with E-state index in [2.05, 4.69) is 30.7 Å². The number of tetrazole rings is 1. The molecule has 3 saturated heterocycles. The highest BCUT2D eigenvalue weighted by molar-refractivity contribution is 6.41. The van der Waals surface area contributed by atoms with Crippen molar-refractivity contribution < 1.29 is 33.8 Å². The summed E-state index contributed by atoms with van der Waals surface area (Å²) in [4.78, 5) is 76.5. The number of amides is 4. The molecule has 0 unspecified atom stereocenters. The Morgan fingerprint density at radius 3 is 2.43 bits per heavy atom. The van der Waals surface area contributed by atoms with Crippen LogP contribution >= 0.6 is 0 Å². The van der Waals surface area contributed by atoms with E-state index >= 15 is 0 Å². The molecule has 5 heterocycles. The lowest BCUT2D eigenvalue weighted by Gasteiger charge is -2.40. The molecule has 17 heteroatoms. The number of anilines is 3. The zero-order valence-corrected chi connectivity index (χ0v) is 30.6. The van der Waals surface area contributed by atoms with Crippen molar-refractivity contribution in [3.63, 3.8) is 0 Å². The fourth-order valence-electron chi connectivity index (χ4n) is 7.75. The van der Waals surface area contributed by atoms with Crippen LogP contribution in [0.1, 0.15) is 34.5 Å². The number of rotatable bonds is 10. The molecule has 288 valence electrons. The molecular formula is C39H40N10O7. The highest BCUT2D eigenvalue weighted by Crippen LogP contribution is 2.29. The minimum atomic E-state index is -1.11. The van der Waals surface area contributed by atoms with Gasteiger partial charge in [-0.05, 0) is 89.8 Å². The van der Waals surface area contributed by atoms with Gasteiger partial charge in [0.25, 0.3) is 0 Å². The van der Waals surface area contributed by atoms with E-state index in [4.69, 9.17) is 4.74 Å². The van der Waals surface area contributed by atoms with Gasteiger partial charge in [0.05, 0.1) is 17.9 Å². The summed E-state index contributed by atoms with van der Waals surface area (Å²) in [7, 11) is 0. The molecule has 0 radical (unpaired) electrons. The first-order valence-electron chi connectivity index (χ1n) is 18.5. The van der Waals surface area contributed by atoms with Crippen LogP contribution in [-0.2, 0) is 30.3 Å². The number of hydrogen-bond acceptors (Lipinski definition) is 10. The number of fused-ring (bicyclic) bond motifs is 1. The number of carbonyl (C=O) groups excluding carboxylic acids is 4. The summed E-state index contributed by atoms with van der Waals surface area (Å²) >= 11 is 0. The summed E-state index contributed by atoms with van der Waals surface area (Å²) in [5, 5.41) is 24.3. The van der Waals surface area contributed by atoms with Crippen LogP contribution in [0.4, 0.5) is 17.1 Å². The lowest BCUT2D eigenvalue weighted by molar-refractivity contribution is -0.149. The van der Waals surface area contributed by atoms with E-state index < -0.39 is 29.7 Å². The Labute approximate surface area is 320 Å². The highest BCUT2D eigenvalue weighted by Gasteiger charge is 2.41. The maximum absolute atomic E-state index is 14.2. The number of nitrogens with one attached hydrogen (secondary N) is 2. The van der Waals surface area contributed by atoms with Gasteiger partial charge in [0.15, 0.2) is 0 Å². The standard InChI is InChI=1S/C39H40N10O7/c1-24-2-9-32(49-23-40-43-44-49)33(18-24)47-14-15-48(38(53)37(47)52)34(36(51)41-27-5-8-30-26(20-27)21-31(42-30)39(54)55)19-25-3-6-29(7-4-25)46-13-12-45(22-35(46)50)28-10-16-56-17-11-28/h2-9,18,20-21,23,28,34,42H,10-17,19,22H2,1H3,(H,41,51)(H,54,55)/t34-/m0/s1. The monoisotopic (exact) mass is 760 g/mol. The number of benzene rings is 3. The first kappa shape index (κ1) is 36.5. The normalized spacial score (nSPS) is 17.8. The molecule has 3 aromatic carbocycles. The second-order valence-corrected chi connectivity index (χ2v) is 14.2. The SMILES string of the molecule is Cc1ccc(-n2cnnn2)c(N2CCN([C@@H](Cc3ccc(N4CCN(C5CCOCC5)CC4=O)cc3)C(=O)Nc3ccc4[nH]c(C(=O)O)cc4c3)C(=O)C2=O)c1. The molecule has 56 heavy (non-hydrogen) atoms. The summed E-state index contributed by atoms with van der Waals surface area (Å²) in [5.74, 6) is -3.28. The second-order valence-electron chi connectivity index (χ2n) is 14.2. The number of carboxylic acid groups (broad SMARTS) is 1. The Morgan fingerprint density at radius 2 is 1.70 bits per heavy atom. The van der Waals surface area contributed by atoms with Gasteiger partial charge in [-0.25, -0.2) is 4.79 Å². The summed E-state index contributed by atoms with van der Waals surface area (Å²) in [5.41, 5.74) is 4.26. The molecule has 5 aromatic rings. The quantitative estimate of drug-likeness (QED) is 0.177. The third-order valence-electron chi connectivity index (χ3n) is 10.7. The topological polar surface area (TPSA) is 199 Å². The van der Waals surface area contributed by atoms with Crippen molar-refractivity contribution in [2.24, 2.45) is 0 Å². The van der Waals surface area contributed by atoms with Crippen molar-refractivity contribution in [3.8, 4) is 5.69 Å². The Hall–Kier alpha value is -6.46. The Balaban J connectivity index is 1.04. The Kier molecular flexibility index (Phi) is 10.0. The van der Waals surface area contributed by atoms with Crippen LogP contribution in [0.5, 0.6) is 0 Å². The lowest BCUT2D eigenvalue weighted by Crippen LogP contribution is -2.60. The number of H-pyrrole nitrogens is 1. The largest absolute Gasteiger partial charge is 0.477 e. The lowest BCUT2D eigenvalue weighted by atomic mass is 10.0. The van der Waals surface area contributed by atoms with Crippen LogP contribution in [0.15, 0.2) is 73.1 Å². The molecule has 0 spiro atoms. The Morgan fingerprint density at radius 1 is 0.911 bits per heavy atom. The van der Waals surface area contributed by atoms with E-state index in [1.807, 2.05) is 37.3 Å². The first-order valence-corrected chi connectivity index (χ1v) is 18.5. The summed E-state index contributed by atoms with van der Waals surface area (Å²) in [6, 6.07) is 18.4. The average molecular weight is 761 g/mol. The Bertz CT molecular complexity index is 2300. The van der Waals surface area contributed by atoms with Crippen LogP contribution in [-0.4, -0.2) is 128 Å². The van der Waals surface area contributed by atoms with Crippen molar-refractivity contribution in [2.45, 2.75) is 38.3 Å². The van der Waals surface area contributed by atoms with Gasteiger partial charge in [-0.3, -0.25) is 24.1 Å². The maximum atomic E-state index is 14.2. The van der Waals surface area contributed by atoms with Crippen molar-refractivity contribution in [1.82, 2.24) is 35.0 Å². The molecule has 1 atom stereocenters. The molecule has 3 N–H and O–H groups in total. The molecular weight excluding hydrogens is 720 g/mol. The minimum Gasteiger partial charge on any atom is -0.477 e. The fourth-order valence-corrected chi connectivity index (χ4v) is 7.75. The minimum absolute atomic E-state index is 0.00605. The number of ether oxygens (including phenoxy) is 1. The highest BCUT2D eigenvalue weighted by atomic mass is 16.5. The molecule has 0 bridgehead atoms. The smallest absolute Gasteiger partial charge is 0.352 e. The summed E-state index contributed by atoms with van der Waals surface area (Å²) in [6.45, 7) is 5.09. The third kappa shape index (κ3) is 7.33. The van der Waals surface area contributed by atoms with E-state index in [9.17, 15) is 29.1 Å². The number of piperazine rings is 2. The van der Waals surface area contributed by atoms with Crippen LogP contribution in [0.2, 0.25) is 0 Å². The van der Waals surface area contributed by atoms with Gasteiger partial charge in [-0.2, -0.15) is 4.68 Å². The fraction of sp³-hybridized carbons (Fsp3) is 0.333. The third-order valence-corrected chi connectivity index (χ3v) is 10.7. The predicted octanol–water partition coefficient (Wildman–Crippen LogP) is 2.40. The van der Waals surface area contributed by atoms with Crippen molar-refractivity contribution in [3.05, 3.63) is 89.9 Å². The van der Waals surface area contributed by atoms with E-state index in [0.29, 0.717) is 60.3 Å². The van der Waals surface area contributed by atoms with Crippen molar-refractivity contribution >= 4 is 57.6 Å². The van der Waals surface area contributed by atoms with Gasteiger partial charge < -0.3 is 34.8 Å². The van der Waals surface area contributed by atoms with Crippen molar-refractivity contribution in [1.29, 1.82) is 0 Å². The number of carbonyl (C=O) groups is 5. The van der Waals surface area contributed by atoms with Crippen molar-refractivity contribution in [2.75, 3.05) is 61.1 Å². The van der Waals surface area contributed by atoms with E-state index in [-0.39, 0.29) is 31.1 Å². The number of aromatic carboxylic acids is 1.